The zero-order valence-electron chi connectivity index (χ0n) is 9.27. The van der Waals surface area contributed by atoms with Gasteiger partial charge in [-0.25, -0.2) is 0 Å². The third-order valence-electron chi connectivity index (χ3n) is 2.87. The van der Waals surface area contributed by atoms with E-state index in [1.165, 1.54) is 32.1 Å². The third kappa shape index (κ3) is 5.62. The molecule has 0 aromatic heterocycles. The molecule has 0 saturated carbocycles. The molecule has 0 nitrogen and oxygen atoms in total. The van der Waals surface area contributed by atoms with Crippen molar-refractivity contribution in [1.29, 1.82) is 0 Å². The van der Waals surface area contributed by atoms with Gasteiger partial charge in [-0.05, 0) is 24.7 Å². The fourth-order valence-electron chi connectivity index (χ4n) is 1.63. The highest BCUT2D eigenvalue weighted by molar-refractivity contribution is 4.65. The van der Waals surface area contributed by atoms with Crippen molar-refractivity contribution >= 4 is 0 Å². The maximum absolute atomic E-state index is 2.37. The molecule has 0 bridgehead atoms. The van der Waals surface area contributed by atoms with Crippen molar-refractivity contribution in [3.8, 4) is 0 Å². The minimum atomic E-state index is 0.923. The molecule has 0 spiro atoms. The van der Waals surface area contributed by atoms with Crippen LogP contribution in [0.25, 0.3) is 0 Å². The summed E-state index contributed by atoms with van der Waals surface area (Å²) >= 11 is 0. The predicted octanol–water partition coefficient (Wildman–Crippen LogP) is 4.45. The summed E-state index contributed by atoms with van der Waals surface area (Å²) in [4.78, 5) is 0. The quantitative estimate of drug-likeness (QED) is 0.528. The molecule has 0 saturated heterocycles. The van der Waals surface area contributed by atoms with Gasteiger partial charge < -0.3 is 0 Å². The number of hydrogen-bond donors (Lipinski definition) is 0. The Balaban J connectivity index is 3.51. The van der Waals surface area contributed by atoms with Crippen molar-refractivity contribution in [3.63, 3.8) is 0 Å². The largest absolute Gasteiger partial charge is 0.0651 e. The van der Waals surface area contributed by atoms with E-state index in [-0.39, 0.29) is 0 Å². The average molecular weight is 169 g/mol. The topological polar surface area (TPSA) is 0 Å². The van der Waals surface area contributed by atoms with Crippen LogP contribution in [0.4, 0.5) is 0 Å². The van der Waals surface area contributed by atoms with E-state index in [1.54, 1.807) is 0 Å². The number of rotatable bonds is 7. The van der Waals surface area contributed by atoms with Crippen LogP contribution in [0.3, 0.4) is 0 Å². The zero-order valence-corrected chi connectivity index (χ0v) is 9.27. The van der Waals surface area contributed by atoms with Crippen LogP contribution in [-0.2, 0) is 0 Å². The van der Waals surface area contributed by atoms with Crippen LogP contribution in [0.15, 0.2) is 0 Å². The molecule has 0 N–H and O–H groups in total. The molecule has 0 aromatic rings. The Hall–Kier alpha value is 0. The lowest BCUT2D eigenvalue weighted by molar-refractivity contribution is 0.353. The van der Waals surface area contributed by atoms with Crippen molar-refractivity contribution in [2.75, 3.05) is 0 Å². The lowest BCUT2D eigenvalue weighted by Gasteiger charge is -2.18. The molecular formula is C12H25. The maximum atomic E-state index is 2.37. The summed E-state index contributed by atoms with van der Waals surface area (Å²) in [6.07, 6.45) is 9.12. The van der Waals surface area contributed by atoms with E-state index in [1.807, 2.05) is 0 Å². The average Bonchev–Trinajstić information content (AvgIpc) is 2.11. The second kappa shape index (κ2) is 7.64. The van der Waals surface area contributed by atoms with Crippen LogP contribution >= 0.6 is 0 Å². The van der Waals surface area contributed by atoms with Crippen molar-refractivity contribution in [2.45, 2.75) is 59.8 Å². The van der Waals surface area contributed by atoms with E-state index in [4.69, 9.17) is 0 Å². The Morgan fingerprint density at radius 2 is 1.83 bits per heavy atom. The number of unbranched alkanes of at least 4 members (excludes halogenated alkanes) is 1. The summed E-state index contributed by atoms with van der Waals surface area (Å²) in [5.74, 6) is 1.89. The summed E-state index contributed by atoms with van der Waals surface area (Å²) in [5.41, 5.74) is 0. The van der Waals surface area contributed by atoms with Crippen LogP contribution in [0.2, 0.25) is 0 Å². The summed E-state index contributed by atoms with van der Waals surface area (Å²) in [6.45, 7) is 9.15. The van der Waals surface area contributed by atoms with E-state index in [0.29, 0.717) is 0 Å². The van der Waals surface area contributed by atoms with Crippen molar-refractivity contribution in [3.05, 3.63) is 6.42 Å². The highest BCUT2D eigenvalue weighted by atomic mass is 14.1. The molecule has 1 radical (unpaired) electrons. The van der Waals surface area contributed by atoms with Gasteiger partial charge in [0.05, 0.1) is 0 Å². The molecule has 0 aliphatic heterocycles. The first-order chi connectivity index (χ1) is 5.74. The fraction of sp³-hybridized carbons (Fsp3) is 0.917. The molecule has 12 heavy (non-hydrogen) atoms. The minimum Gasteiger partial charge on any atom is -0.0651 e. The van der Waals surface area contributed by atoms with Gasteiger partial charge in [-0.1, -0.05) is 53.4 Å². The molecule has 0 heterocycles. The van der Waals surface area contributed by atoms with E-state index in [9.17, 15) is 0 Å². The highest BCUT2D eigenvalue weighted by Crippen LogP contribution is 2.22. The predicted molar refractivity (Wildman–Crippen MR) is 57.1 cm³/mol. The van der Waals surface area contributed by atoms with Gasteiger partial charge >= 0.3 is 0 Å². The first-order valence-corrected chi connectivity index (χ1v) is 5.52. The lowest BCUT2D eigenvalue weighted by atomic mass is 9.88. The smallest absolute Gasteiger partial charge is 0.0414 e. The minimum absolute atomic E-state index is 0.923. The fourth-order valence-corrected chi connectivity index (χ4v) is 1.63. The standard InChI is InChI=1S/C12H25/c1-5-8-9-12(7-3)10-11(4)6-2/h5,11-12H,6-10H2,1-4H3. The number of hydrogen-bond acceptors (Lipinski definition) is 0. The van der Waals surface area contributed by atoms with Gasteiger partial charge in [0.1, 0.15) is 0 Å². The Labute approximate surface area is 78.8 Å². The Morgan fingerprint density at radius 3 is 2.25 bits per heavy atom. The van der Waals surface area contributed by atoms with Gasteiger partial charge in [0, 0.05) is 0 Å². The Kier molecular flexibility index (Phi) is 7.64. The van der Waals surface area contributed by atoms with Crippen LogP contribution < -0.4 is 0 Å². The molecule has 0 rings (SSSR count). The van der Waals surface area contributed by atoms with Crippen molar-refractivity contribution < 1.29 is 0 Å². The molecular weight excluding hydrogens is 144 g/mol. The van der Waals surface area contributed by atoms with Crippen LogP contribution in [-0.4, -0.2) is 0 Å². The second-order valence-corrected chi connectivity index (χ2v) is 4.01. The molecule has 0 fully saturated rings. The monoisotopic (exact) mass is 169 g/mol. The first kappa shape index (κ1) is 12.0. The lowest BCUT2D eigenvalue weighted by Crippen LogP contribution is -2.05. The normalized spacial score (nSPS) is 16.0. The first-order valence-electron chi connectivity index (χ1n) is 5.52. The van der Waals surface area contributed by atoms with E-state index in [2.05, 4.69) is 34.1 Å². The van der Waals surface area contributed by atoms with E-state index >= 15 is 0 Å². The summed E-state index contributed by atoms with van der Waals surface area (Å²) < 4.78 is 0. The summed E-state index contributed by atoms with van der Waals surface area (Å²) in [7, 11) is 0. The van der Waals surface area contributed by atoms with Crippen LogP contribution in [0.5, 0.6) is 0 Å². The van der Waals surface area contributed by atoms with E-state index < -0.39 is 0 Å². The molecule has 73 valence electrons. The summed E-state index contributed by atoms with van der Waals surface area (Å²) in [6, 6.07) is 0. The van der Waals surface area contributed by atoms with Crippen LogP contribution in [0.1, 0.15) is 59.8 Å². The van der Waals surface area contributed by atoms with Gasteiger partial charge in [0.2, 0.25) is 0 Å². The Morgan fingerprint density at radius 1 is 1.17 bits per heavy atom. The second-order valence-electron chi connectivity index (χ2n) is 4.01. The van der Waals surface area contributed by atoms with Crippen LogP contribution in [0, 0.1) is 18.3 Å². The molecule has 0 aliphatic rings. The van der Waals surface area contributed by atoms with E-state index in [0.717, 1.165) is 11.8 Å². The Bertz CT molecular complexity index is 86.0. The van der Waals surface area contributed by atoms with Gasteiger partial charge in [0.25, 0.3) is 0 Å². The SMILES string of the molecule is C[CH]CCC(CC)CC(C)CC. The maximum Gasteiger partial charge on any atom is -0.0414 e. The van der Waals surface area contributed by atoms with Gasteiger partial charge in [-0.3, -0.25) is 0 Å². The molecule has 0 amide bonds. The zero-order chi connectivity index (χ0) is 9.40. The molecule has 2 unspecified atom stereocenters. The molecule has 0 aliphatic carbocycles. The molecule has 2 atom stereocenters. The van der Waals surface area contributed by atoms with Crippen molar-refractivity contribution in [1.82, 2.24) is 0 Å². The highest BCUT2D eigenvalue weighted by Gasteiger charge is 2.09. The van der Waals surface area contributed by atoms with Gasteiger partial charge in [-0.15, -0.1) is 0 Å². The molecule has 0 aromatic carbocycles. The summed E-state index contributed by atoms with van der Waals surface area (Å²) in [5, 5.41) is 0. The molecule has 0 heteroatoms. The van der Waals surface area contributed by atoms with Gasteiger partial charge in [-0.2, -0.15) is 0 Å². The van der Waals surface area contributed by atoms with Crippen molar-refractivity contribution in [2.24, 2.45) is 11.8 Å². The van der Waals surface area contributed by atoms with Gasteiger partial charge in [0.15, 0.2) is 0 Å². The third-order valence-corrected chi connectivity index (χ3v) is 2.87.